The van der Waals surface area contributed by atoms with E-state index in [2.05, 4.69) is 0 Å². The molecule has 0 unspecified atom stereocenters. The van der Waals surface area contributed by atoms with Gasteiger partial charge in [0.1, 0.15) is 0 Å². The van der Waals surface area contributed by atoms with Crippen LogP contribution in [0.1, 0.15) is 15.9 Å². The van der Waals surface area contributed by atoms with Crippen LogP contribution in [0.2, 0.25) is 0 Å². The van der Waals surface area contributed by atoms with Crippen molar-refractivity contribution in [3.63, 3.8) is 0 Å². The van der Waals surface area contributed by atoms with Gasteiger partial charge in [-0.3, -0.25) is 4.79 Å². The third-order valence-corrected chi connectivity index (χ3v) is 2.30. The average molecular weight is 299 g/mol. The molecule has 0 atom stereocenters. The van der Waals surface area contributed by atoms with Gasteiger partial charge in [-0.1, -0.05) is 36.4 Å². The summed E-state index contributed by atoms with van der Waals surface area (Å²) in [5.41, 5.74) is 0.578. The van der Waals surface area contributed by atoms with Crippen molar-refractivity contribution in [2.24, 2.45) is 0 Å². The zero-order valence-electron chi connectivity index (χ0n) is 9.88. The van der Waals surface area contributed by atoms with Crippen molar-refractivity contribution in [3.05, 3.63) is 59.7 Å². The first kappa shape index (κ1) is 15.3. The second-order valence-corrected chi connectivity index (χ2v) is 4.28. The Balaban J connectivity index is 0.000000550. The van der Waals surface area contributed by atoms with Crippen LogP contribution in [0, 0.1) is 0 Å². The first-order valence-electron chi connectivity index (χ1n) is 5.34. The van der Waals surface area contributed by atoms with Crippen LogP contribution in [-0.4, -0.2) is 21.3 Å². The maximum atomic E-state index is 11.9. The molecule has 19 heavy (non-hydrogen) atoms. The molecular formula is C14H12Cl2O3. The minimum Gasteiger partial charge on any atom is -0.504 e. The van der Waals surface area contributed by atoms with Crippen LogP contribution >= 0.6 is 23.2 Å². The van der Waals surface area contributed by atoms with Gasteiger partial charge in [0, 0.05) is 5.56 Å². The third kappa shape index (κ3) is 4.16. The van der Waals surface area contributed by atoms with Gasteiger partial charge in [0.15, 0.2) is 17.3 Å². The van der Waals surface area contributed by atoms with Crippen molar-refractivity contribution in [3.8, 4) is 11.5 Å². The maximum absolute atomic E-state index is 11.9. The zero-order chi connectivity index (χ0) is 14.3. The van der Waals surface area contributed by atoms with Crippen LogP contribution in [-0.2, 0) is 0 Å². The summed E-state index contributed by atoms with van der Waals surface area (Å²) in [6.07, 6.45) is 0. The Hall–Kier alpha value is -1.71. The zero-order valence-corrected chi connectivity index (χ0v) is 11.4. The predicted molar refractivity (Wildman–Crippen MR) is 76.2 cm³/mol. The number of halogens is 2. The highest BCUT2D eigenvalue weighted by molar-refractivity contribution is 6.40. The fraction of sp³-hybridized carbons (Fsp3) is 0.0714. The minimum absolute atomic E-state index is 0.103. The van der Waals surface area contributed by atoms with Gasteiger partial charge in [-0.05, 0) is 12.1 Å². The number of hydrogen-bond donors (Lipinski definition) is 2. The summed E-state index contributed by atoms with van der Waals surface area (Å²) in [7, 11) is 0. The smallest absolute Gasteiger partial charge is 0.196 e. The van der Waals surface area contributed by atoms with E-state index in [1.165, 1.54) is 18.2 Å². The topological polar surface area (TPSA) is 57.5 Å². The molecule has 0 radical (unpaired) electrons. The van der Waals surface area contributed by atoms with Gasteiger partial charge in [-0.25, -0.2) is 0 Å². The van der Waals surface area contributed by atoms with E-state index in [1.807, 2.05) is 0 Å². The Morgan fingerprint density at radius 2 is 1.53 bits per heavy atom. The molecule has 2 N–H and O–H groups in total. The van der Waals surface area contributed by atoms with Gasteiger partial charge in [0.05, 0.1) is 10.9 Å². The van der Waals surface area contributed by atoms with E-state index in [0.29, 0.717) is 5.56 Å². The van der Waals surface area contributed by atoms with Crippen molar-refractivity contribution in [1.29, 1.82) is 0 Å². The molecule has 2 rings (SSSR count). The molecule has 0 heterocycles. The number of para-hydroxylation sites is 1. The van der Waals surface area contributed by atoms with E-state index in [1.54, 1.807) is 30.3 Å². The molecular weight excluding hydrogens is 287 g/mol. The van der Waals surface area contributed by atoms with Crippen molar-refractivity contribution in [2.45, 2.75) is 0 Å². The highest BCUT2D eigenvalue weighted by Gasteiger charge is 2.14. The van der Waals surface area contributed by atoms with E-state index in [0.717, 1.165) is 0 Å². The van der Waals surface area contributed by atoms with Gasteiger partial charge >= 0.3 is 0 Å². The molecule has 0 saturated heterocycles. The fourth-order valence-corrected chi connectivity index (χ4v) is 1.46. The Labute approximate surface area is 121 Å². The van der Waals surface area contributed by atoms with Crippen LogP contribution in [0.25, 0.3) is 0 Å². The number of aromatic hydroxyl groups is 2. The van der Waals surface area contributed by atoms with Crippen molar-refractivity contribution in [2.75, 3.05) is 5.34 Å². The highest BCUT2D eigenvalue weighted by atomic mass is 35.5. The predicted octanol–water partition coefficient (Wildman–Crippen LogP) is 3.75. The summed E-state index contributed by atoms with van der Waals surface area (Å²) in [5, 5.41) is 19.0. The number of ketones is 1. The van der Waals surface area contributed by atoms with Crippen molar-refractivity contribution < 1.29 is 15.0 Å². The van der Waals surface area contributed by atoms with E-state index < -0.39 is 0 Å². The molecule has 100 valence electrons. The molecule has 2 aromatic carbocycles. The van der Waals surface area contributed by atoms with E-state index in [4.69, 9.17) is 23.2 Å². The summed E-state index contributed by atoms with van der Waals surface area (Å²) in [4.78, 5) is 11.9. The third-order valence-electron chi connectivity index (χ3n) is 2.30. The number of hydrogen-bond acceptors (Lipinski definition) is 3. The second kappa shape index (κ2) is 7.67. The summed E-state index contributed by atoms with van der Waals surface area (Å²) >= 11 is 9.53. The maximum Gasteiger partial charge on any atom is 0.196 e. The van der Waals surface area contributed by atoms with Gasteiger partial charge < -0.3 is 10.2 Å². The molecule has 3 nitrogen and oxygen atoms in total. The van der Waals surface area contributed by atoms with Gasteiger partial charge in [-0.15, -0.1) is 23.2 Å². The number of rotatable bonds is 2. The molecule has 0 saturated carbocycles. The number of carbonyl (C=O) groups is 1. The van der Waals surface area contributed by atoms with Crippen LogP contribution < -0.4 is 0 Å². The molecule has 0 aromatic heterocycles. The first-order valence-corrected chi connectivity index (χ1v) is 6.41. The van der Waals surface area contributed by atoms with E-state index in [9.17, 15) is 15.0 Å². The van der Waals surface area contributed by atoms with Gasteiger partial charge in [0.25, 0.3) is 0 Å². The summed E-state index contributed by atoms with van der Waals surface area (Å²) in [5.74, 6) is -0.980. The second-order valence-electron chi connectivity index (χ2n) is 3.47. The Morgan fingerprint density at radius 1 is 0.947 bits per heavy atom. The van der Waals surface area contributed by atoms with Gasteiger partial charge in [0.2, 0.25) is 0 Å². The monoisotopic (exact) mass is 298 g/mol. The largest absolute Gasteiger partial charge is 0.504 e. The Bertz CT molecular complexity index is 542. The number of phenolic OH excluding ortho intramolecular Hbond substituents is 2. The molecule has 2 aromatic rings. The lowest BCUT2D eigenvalue weighted by Gasteiger charge is -2.04. The molecule has 0 aliphatic rings. The first-order chi connectivity index (χ1) is 9.11. The number of alkyl halides is 2. The molecule has 0 amide bonds. The normalized spacial score (nSPS) is 9.37. The number of phenols is 2. The molecule has 0 bridgehead atoms. The lowest BCUT2D eigenvalue weighted by Crippen LogP contribution is -2.01. The Kier molecular flexibility index (Phi) is 6.19. The molecule has 5 heteroatoms. The minimum atomic E-state index is -0.378. The van der Waals surface area contributed by atoms with Crippen LogP contribution in [0.5, 0.6) is 11.5 Å². The summed E-state index contributed by atoms with van der Waals surface area (Å²) < 4.78 is 0. The quantitative estimate of drug-likeness (QED) is 0.504. The molecule has 0 spiro atoms. The lowest BCUT2D eigenvalue weighted by atomic mass is 10.0. The van der Waals surface area contributed by atoms with E-state index in [-0.39, 0.29) is 28.2 Å². The van der Waals surface area contributed by atoms with Crippen LogP contribution in [0.3, 0.4) is 0 Å². The molecule has 0 aliphatic carbocycles. The SMILES string of the molecule is ClCCl.O=C(c1ccccc1)c1cccc(O)c1O. The number of benzene rings is 2. The molecule has 0 fully saturated rings. The molecule has 0 aliphatic heterocycles. The van der Waals surface area contributed by atoms with Gasteiger partial charge in [-0.2, -0.15) is 0 Å². The van der Waals surface area contributed by atoms with Crippen molar-refractivity contribution >= 4 is 29.0 Å². The van der Waals surface area contributed by atoms with E-state index >= 15 is 0 Å². The standard InChI is InChI=1S/C13H10O3.CH2Cl2/c14-11-8-4-7-10(13(11)16)12(15)9-5-2-1-3-6-9;2-1-3/h1-8,14,16H;1H2. The lowest BCUT2D eigenvalue weighted by molar-refractivity contribution is 0.103. The van der Waals surface area contributed by atoms with Crippen LogP contribution in [0.4, 0.5) is 0 Å². The fourth-order valence-electron chi connectivity index (χ4n) is 1.46. The Morgan fingerprint density at radius 3 is 2.11 bits per heavy atom. The highest BCUT2D eigenvalue weighted by Crippen LogP contribution is 2.29. The number of carbonyl (C=O) groups excluding carboxylic acids is 1. The average Bonchev–Trinajstić information content (AvgIpc) is 2.43. The summed E-state index contributed by atoms with van der Waals surface area (Å²) in [6, 6.07) is 12.9. The van der Waals surface area contributed by atoms with Crippen LogP contribution in [0.15, 0.2) is 48.5 Å². The summed E-state index contributed by atoms with van der Waals surface area (Å²) in [6.45, 7) is 0. The van der Waals surface area contributed by atoms with Crippen molar-refractivity contribution in [1.82, 2.24) is 0 Å².